The molecule has 1 saturated heterocycles. The van der Waals surface area contributed by atoms with Crippen LogP contribution in [0.25, 0.3) is 0 Å². The van der Waals surface area contributed by atoms with E-state index >= 15 is 0 Å². The molecule has 0 amide bonds. The van der Waals surface area contributed by atoms with E-state index < -0.39 is 0 Å². The van der Waals surface area contributed by atoms with E-state index in [1.54, 1.807) is 0 Å². The Morgan fingerprint density at radius 2 is 1.83 bits per heavy atom. The molecule has 1 heterocycles. The average Bonchev–Trinajstić information content (AvgIpc) is 2.70. The van der Waals surface area contributed by atoms with Crippen LogP contribution in [0.2, 0.25) is 0 Å². The molecule has 2 atom stereocenters. The second kappa shape index (κ2) is 6.38. The molecular formula is C16H31NO. The van der Waals surface area contributed by atoms with Crippen LogP contribution in [0.5, 0.6) is 0 Å². The largest absolute Gasteiger partial charge is 0.370 e. The van der Waals surface area contributed by atoms with E-state index in [4.69, 9.17) is 4.74 Å². The van der Waals surface area contributed by atoms with E-state index in [0.717, 1.165) is 12.5 Å². The van der Waals surface area contributed by atoms with Gasteiger partial charge in [0.2, 0.25) is 0 Å². The van der Waals surface area contributed by atoms with E-state index in [0.29, 0.717) is 12.1 Å². The van der Waals surface area contributed by atoms with E-state index in [2.05, 4.69) is 26.1 Å². The topological polar surface area (TPSA) is 21.3 Å². The Bertz CT molecular complexity index is 245. The lowest BCUT2D eigenvalue weighted by Gasteiger charge is -2.33. The maximum atomic E-state index is 6.38. The van der Waals surface area contributed by atoms with Gasteiger partial charge in [0.05, 0.1) is 11.7 Å². The number of nitrogens with one attached hydrogen (secondary N) is 1. The van der Waals surface area contributed by atoms with Crippen molar-refractivity contribution in [3.8, 4) is 0 Å². The summed E-state index contributed by atoms with van der Waals surface area (Å²) in [5.41, 5.74) is 0.284. The molecule has 2 aliphatic rings. The number of ether oxygens (including phenoxy) is 1. The van der Waals surface area contributed by atoms with Crippen molar-refractivity contribution in [1.82, 2.24) is 5.32 Å². The van der Waals surface area contributed by atoms with Crippen molar-refractivity contribution in [3.63, 3.8) is 0 Å². The molecule has 1 saturated carbocycles. The van der Waals surface area contributed by atoms with Gasteiger partial charge >= 0.3 is 0 Å². The van der Waals surface area contributed by atoms with Crippen molar-refractivity contribution in [2.75, 3.05) is 6.54 Å². The van der Waals surface area contributed by atoms with Crippen LogP contribution in [0.15, 0.2) is 0 Å². The maximum Gasteiger partial charge on any atom is 0.0708 e. The van der Waals surface area contributed by atoms with Crippen molar-refractivity contribution >= 4 is 0 Å². The third kappa shape index (κ3) is 3.96. The normalized spacial score (nSPS) is 29.0. The zero-order valence-electron chi connectivity index (χ0n) is 12.5. The van der Waals surface area contributed by atoms with Gasteiger partial charge in [-0.2, -0.15) is 0 Å². The van der Waals surface area contributed by atoms with Crippen LogP contribution >= 0.6 is 0 Å². The van der Waals surface area contributed by atoms with Crippen molar-refractivity contribution in [2.45, 2.75) is 89.9 Å². The van der Waals surface area contributed by atoms with E-state index in [9.17, 15) is 0 Å². The van der Waals surface area contributed by atoms with Crippen LogP contribution in [0.1, 0.15) is 72.1 Å². The van der Waals surface area contributed by atoms with Gasteiger partial charge in [0.1, 0.15) is 0 Å². The molecule has 2 fully saturated rings. The molecule has 0 aromatic rings. The van der Waals surface area contributed by atoms with Gasteiger partial charge in [0, 0.05) is 12.6 Å². The first-order valence-electron chi connectivity index (χ1n) is 8.01. The fourth-order valence-electron chi connectivity index (χ4n) is 3.73. The Morgan fingerprint density at radius 3 is 2.50 bits per heavy atom. The smallest absolute Gasteiger partial charge is 0.0708 e. The zero-order chi connectivity index (χ0) is 13.0. The van der Waals surface area contributed by atoms with Gasteiger partial charge in [0.15, 0.2) is 0 Å². The van der Waals surface area contributed by atoms with Crippen LogP contribution < -0.4 is 5.32 Å². The van der Waals surface area contributed by atoms with E-state index in [1.807, 2.05) is 0 Å². The van der Waals surface area contributed by atoms with Crippen molar-refractivity contribution in [1.29, 1.82) is 0 Å². The quantitative estimate of drug-likeness (QED) is 0.802. The number of hydrogen-bond acceptors (Lipinski definition) is 2. The highest BCUT2D eigenvalue weighted by molar-refractivity contribution is 4.91. The van der Waals surface area contributed by atoms with Gasteiger partial charge in [-0.3, -0.25) is 0 Å². The zero-order valence-corrected chi connectivity index (χ0v) is 12.5. The third-order valence-electron chi connectivity index (χ3n) is 4.62. The van der Waals surface area contributed by atoms with Crippen molar-refractivity contribution in [2.24, 2.45) is 5.92 Å². The lowest BCUT2D eigenvalue weighted by molar-refractivity contribution is -0.0629. The SMILES string of the molecule is CC(C)CC(C)NCC1CCC2(CCCCC2)O1. The molecule has 1 N–H and O–H groups in total. The molecule has 0 aromatic carbocycles. The highest BCUT2D eigenvalue weighted by atomic mass is 16.5. The van der Waals surface area contributed by atoms with Gasteiger partial charge in [-0.1, -0.05) is 33.1 Å². The maximum absolute atomic E-state index is 6.38. The van der Waals surface area contributed by atoms with Gasteiger partial charge in [-0.05, 0) is 44.9 Å². The Morgan fingerprint density at radius 1 is 1.11 bits per heavy atom. The standard InChI is InChI=1S/C16H31NO/c1-13(2)11-14(3)17-12-15-7-10-16(18-15)8-5-4-6-9-16/h13-15,17H,4-12H2,1-3H3. The fraction of sp³-hybridized carbons (Fsp3) is 1.00. The minimum Gasteiger partial charge on any atom is -0.370 e. The van der Waals surface area contributed by atoms with Crippen LogP contribution in [0.3, 0.4) is 0 Å². The second-order valence-electron chi connectivity index (χ2n) is 6.96. The summed E-state index contributed by atoms with van der Waals surface area (Å²) < 4.78 is 6.38. The summed E-state index contributed by atoms with van der Waals surface area (Å²) in [4.78, 5) is 0. The first-order chi connectivity index (χ1) is 8.60. The molecule has 2 heteroatoms. The van der Waals surface area contributed by atoms with Gasteiger partial charge in [0.25, 0.3) is 0 Å². The molecule has 1 spiro atoms. The molecule has 1 aliphatic heterocycles. The Balaban J connectivity index is 1.69. The average molecular weight is 253 g/mol. The predicted molar refractivity (Wildman–Crippen MR) is 76.8 cm³/mol. The highest BCUT2D eigenvalue weighted by Crippen LogP contribution is 2.41. The van der Waals surface area contributed by atoms with Gasteiger partial charge in [-0.15, -0.1) is 0 Å². The molecule has 2 rings (SSSR count). The van der Waals surface area contributed by atoms with Crippen LogP contribution in [0.4, 0.5) is 0 Å². The monoisotopic (exact) mass is 253 g/mol. The van der Waals surface area contributed by atoms with E-state index in [1.165, 1.54) is 51.4 Å². The molecule has 106 valence electrons. The molecular weight excluding hydrogens is 222 g/mol. The van der Waals surface area contributed by atoms with Crippen LogP contribution in [-0.2, 0) is 4.74 Å². The van der Waals surface area contributed by atoms with E-state index in [-0.39, 0.29) is 5.60 Å². The van der Waals surface area contributed by atoms with Crippen molar-refractivity contribution < 1.29 is 4.74 Å². The molecule has 0 aromatic heterocycles. The highest BCUT2D eigenvalue weighted by Gasteiger charge is 2.40. The summed E-state index contributed by atoms with van der Waals surface area (Å²) in [6.07, 6.45) is 11.1. The predicted octanol–water partition coefficient (Wildman–Crippen LogP) is 3.89. The Labute approximate surface area is 113 Å². The molecule has 2 nitrogen and oxygen atoms in total. The Kier molecular flexibility index (Phi) is 5.08. The Hall–Kier alpha value is -0.0800. The number of rotatable bonds is 5. The molecule has 18 heavy (non-hydrogen) atoms. The lowest BCUT2D eigenvalue weighted by Crippen LogP contribution is -2.37. The molecule has 0 bridgehead atoms. The first-order valence-corrected chi connectivity index (χ1v) is 8.01. The fourth-order valence-corrected chi connectivity index (χ4v) is 3.73. The first kappa shape index (κ1) is 14.3. The number of hydrogen-bond donors (Lipinski definition) is 1. The molecule has 1 aliphatic carbocycles. The summed E-state index contributed by atoms with van der Waals surface area (Å²) in [5.74, 6) is 0.779. The van der Waals surface area contributed by atoms with Crippen molar-refractivity contribution in [3.05, 3.63) is 0 Å². The second-order valence-corrected chi connectivity index (χ2v) is 6.96. The summed E-state index contributed by atoms with van der Waals surface area (Å²) in [7, 11) is 0. The third-order valence-corrected chi connectivity index (χ3v) is 4.62. The van der Waals surface area contributed by atoms with Crippen LogP contribution in [0, 0.1) is 5.92 Å². The van der Waals surface area contributed by atoms with Gasteiger partial charge < -0.3 is 10.1 Å². The minimum absolute atomic E-state index is 0.284. The van der Waals surface area contributed by atoms with Crippen LogP contribution in [-0.4, -0.2) is 24.3 Å². The summed E-state index contributed by atoms with van der Waals surface area (Å²) in [6, 6.07) is 0.622. The summed E-state index contributed by atoms with van der Waals surface area (Å²) >= 11 is 0. The molecule has 2 unspecified atom stereocenters. The molecule has 0 radical (unpaired) electrons. The summed E-state index contributed by atoms with van der Waals surface area (Å²) in [5, 5.41) is 3.65. The van der Waals surface area contributed by atoms with Gasteiger partial charge in [-0.25, -0.2) is 0 Å². The minimum atomic E-state index is 0.284. The summed E-state index contributed by atoms with van der Waals surface area (Å²) in [6.45, 7) is 7.93. The lowest BCUT2D eigenvalue weighted by atomic mass is 9.83.